The van der Waals surface area contributed by atoms with E-state index >= 15 is 0 Å². The first kappa shape index (κ1) is 11.5. The number of amides is 1. The molecule has 0 aliphatic carbocycles. The van der Waals surface area contributed by atoms with Crippen LogP contribution in [0.25, 0.3) is 0 Å². The third-order valence-corrected chi connectivity index (χ3v) is 2.55. The van der Waals surface area contributed by atoms with Crippen molar-refractivity contribution in [1.82, 2.24) is 5.32 Å². The van der Waals surface area contributed by atoms with Gasteiger partial charge in [-0.1, -0.05) is 13.8 Å². The Morgan fingerprint density at radius 2 is 2.36 bits per heavy atom. The number of nitrogens with two attached hydrogens (primary N) is 1. The molecule has 3 N–H and O–H groups in total. The van der Waals surface area contributed by atoms with Crippen LogP contribution in [0.4, 0.5) is 0 Å². The van der Waals surface area contributed by atoms with Gasteiger partial charge in [0.05, 0.1) is 12.1 Å². The number of ether oxygens (including phenoxy) is 1. The number of carbonyl (C=O) groups excluding carboxylic acids is 1. The van der Waals surface area contributed by atoms with E-state index in [1.54, 1.807) is 0 Å². The summed E-state index contributed by atoms with van der Waals surface area (Å²) in [4.78, 5) is 11.4. The van der Waals surface area contributed by atoms with Gasteiger partial charge in [-0.05, 0) is 18.8 Å². The number of nitrogens with one attached hydrogen (secondary N) is 1. The van der Waals surface area contributed by atoms with Crippen molar-refractivity contribution in [3.63, 3.8) is 0 Å². The Hall–Kier alpha value is -0.610. The second-order valence-electron chi connectivity index (χ2n) is 4.15. The maximum Gasteiger partial charge on any atom is 0.237 e. The van der Waals surface area contributed by atoms with Crippen LogP contribution in [0, 0.1) is 5.92 Å². The third-order valence-electron chi connectivity index (χ3n) is 2.55. The highest BCUT2D eigenvalue weighted by Crippen LogP contribution is 2.10. The van der Waals surface area contributed by atoms with Crippen molar-refractivity contribution in [3.05, 3.63) is 0 Å². The van der Waals surface area contributed by atoms with Gasteiger partial charge in [0, 0.05) is 13.2 Å². The van der Waals surface area contributed by atoms with Gasteiger partial charge in [-0.2, -0.15) is 0 Å². The van der Waals surface area contributed by atoms with Crippen LogP contribution >= 0.6 is 0 Å². The van der Waals surface area contributed by atoms with Crippen molar-refractivity contribution < 1.29 is 9.53 Å². The summed E-state index contributed by atoms with van der Waals surface area (Å²) < 4.78 is 5.39. The standard InChI is InChI=1S/C10H20N2O2/c1-7(2)9(11)10(13)12-6-8-4-3-5-14-8/h7-9H,3-6,11H2,1-2H3,(H,12,13)/t8-,9+/m0/s1. The van der Waals surface area contributed by atoms with Crippen LogP contribution < -0.4 is 11.1 Å². The Morgan fingerprint density at radius 3 is 2.86 bits per heavy atom. The topological polar surface area (TPSA) is 64.4 Å². The van der Waals surface area contributed by atoms with Gasteiger partial charge in [0.2, 0.25) is 5.91 Å². The molecule has 0 aromatic rings. The van der Waals surface area contributed by atoms with Gasteiger partial charge >= 0.3 is 0 Å². The highest BCUT2D eigenvalue weighted by molar-refractivity contribution is 5.81. The summed E-state index contributed by atoms with van der Waals surface area (Å²) in [6.07, 6.45) is 2.33. The number of rotatable bonds is 4. The lowest BCUT2D eigenvalue weighted by Crippen LogP contribution is -2.46. The fourth-order valence-electron chi connectivity index (χ4n) is 1.44. The first-order valence-electron chi connectivity index (χ1n) is 5.26. The Morgan fingerprint density at radius 1 is 1.64 bits per heavy atom. The van der Waals surface area contributed by atoms with Crippen LogP contribution in [-0.4, -0.2) is 31.2 Å². The summed E-state index contributed by atoms with van der Waals surface area (Å²) in [7, 11) is 0. The van der Waals surface area contributed by atoms with E-state index in [-0.39, 0.29) is 17.9 Å². The van der Waals surface area contributed by atoms with Crippen molar-refractivity contribution in [1.29, 1.82) is 0 Å². The van der Waals surface area contributed by atoms with Crippen LogP contribution in [0.5, 0.6) is 0 Å². The monoisotopic (exact) mass is 200 g/mol. The molecule has 0 unspecified atom stereocenters. The Kier molecular flexibility index (Phi) is 4.35. The summed E-state index contributed by atoms with van der Waals surface area (Å²) in [6, 6.07) is -0.406. The van der Waals surface area contributed by atoms with Crippen molar-refractivity contribution in [3.8, 4) is 0 Å². The first-order chi connectivity index (χ1) is 6.61. The van der Waals surface area contributed by atoms with Gasteiger partial charge in [-0.3, -0.25) is 4.79 Å². The smallest absolute Gasteiger partial charge is 0.237 e. The van der Waals surface area contributed by atoms with Crippen molar-refractivity contribution >= 4 is 5.91 Å². The fraction of sp³-hybridized carbons (Fsp3) is 0.900. The highest BCUT2D eigenvalue weighted by atomic mass is 16.5. The first-order valence-corrected chi connectivity index (χ1v) is 5.26. The SMILES string of the molecule is CC(C)[C@@H](N)C(=O)NC[C@@H]1CCCO1. The molecular formula is C10H20N2O2. The molecule has 1 aliphatic heterocycles. The minimum Gasteiger partial charge on any atom is -0.376 e. The molecule has 0 saturated carbocycles. The molecule has 0 aromatic carbocycles. The van der Waals surface area contributed by atoms with Gasteiger partial charge in [0.15, 0.2) is 0 Å². The molecule has 4 nitrogen and oxygen atoms in total. The lowest BCUT2D eigenvalue weighted by atomic mass is 10.1. The van der Waals surface area contributed by atoms with Crippen LogP contribution in [0.15, 0.2) is 0 Å². The van der Waals surface area contributed by atoms with Crippen molar-refractivity contribution in [2.45, 2.75) is 38.8 Å². The lowest BCUT2D eigenvalue weighted by molar-refractivity contribution is -0.123. The Labute approximate surface area is 85.2 Å². The number of hydrogen-bond acceptors (Lipinski definition) is 3. The summed E-state index contributed by atoms with van der Waals surface area (Å²) in [6.45, 7) is 5.29. The fourth-order valence-corrected chi connectivity index (χ4v) is 1.44. The van der Waals surface area contributed by atoms with Crippen molar-refractivity contribution in [2.24, 2.45) is 11.7 Å². The minimum absolute atomic E-state index is 0.0736. The van der Waals surface area contributed by atoms with E-state index in [2.05, 4.69) is 5.32 Å². The number of carbonyl (C=O) groups is 1. The normalized spacial score (nSPS) is 23.9. The quantitative estimate of drug-likeness (QED) is 0.684. The van der Waals surface area contributed by atoms with Crippen molar-refractivity contribution in [2.75, 3.05) is 13.2 Å². The largest absolute Gasteiger partial charge is 0.376 e. The van der Waals surface area contributed by atoms with E-state index in [9.17, 15) is 4.79 Å². The zero-order chi connectivity index (χ0) is 10.6. The zero-order valence-electron chi connectivity index (χ0n) is 8.95. The van der Waals surface area contributed by atoms with Crippen LogP contribution in [-0.2, 0) is 9.53 Å². The van der Waals surface area contributed by atoms with E-state index in [4.69, 9.17) is 10.5 Å². The predicted octanol–water partition coefficient (Wildman–Crippen LogP) is 0.265. The average molecular weight is 200 g/mol. The van der Waals surface area contributed by atoms with Gasteiger partial charge < -0.3 is 15.8 Å². The Balaban J connectivity index is 2.19. The molecule has 1 aliphatic rings. The summed E-state index contributed by atoms with van der Waals surface area (Å²) in [5.74, 6) is 0.106. The maximum absolute atomic E-state index is 11.4. The molecule has 0 radical (unpaired) electrons. The summed E-state index contributed by atoms with van der Waals surface area (Å²) in [5.41, 5.74) is 5.69. The molecule has 1 saturated heterocycles. The molecule has 1 fully saturated rings. The molecule has 1 heterocycles. The molecule has 1 amide bonds. The van der Waals surface area contributed by atoms with E-state index in [1.807, 2.05) is 13.8 Å². The molecular weight excluding hydrogens is 180 g/mol. The minimum atomic E-state index is -0.406. The summed E-state index contributed by atoms with van der Waals surface area (Å²) >= 11 is 0. The second-order valence-corrected chi connectivity index (χ2v) is 4.15. The average Bonchev–Trinajstić information content (AvgIpc) is 2.65. The molecule has 0 spiro atoms. The van der Waals surface area contributed by atoms with E-state index in [0.717, 1.165) is 19.4 Å². The molecule has 14 heavy (non-hydrogen) atoms. The maximum atomic E-state index is 11.4. The molecule has 4 heteroatoms. The van der Waals surface area contributed by atoms with Gasteiger partial charge in [-0.15, -0.1) is 0 Å². The molecule has 82 valence electrons. The predicted molar refractivity (Wildman–Crippen MR) is 54.8 cm³/mol. The summed E-state index contributed by atoms with van der Waals surface area (Å²) in [5, 5.41) is 2.82. The Bertz CT molecular complexity index is 189. The molecule has 0 bridgehead atoms. The van der Waals surface area contributed by atoms with Gasteiger partial charge in [0.25, 0.3) is 0 Å². The van der Waals surface area contributed by atoms with E-state index in [1.165, 1.54) is 0 Å². The van der Waals surface area contributed by atoms with Crippen LogP contribution in [0.2, 0.25) is 0 Å². The molecule has 2 atom stereocenters. The highest BCUT2D eigenvalue weighted by Gasteiger charge is 2.20. The van der Waals surface area contributed by atoms with Gasteiger partial charge in [-0.25, -0.2) is 0 Å². The zero-order valence-corrected chi connectivity index (χ0v) is 8.95. The van der Waals surface area contributed by atoms with E-state index < -0.39 is 6.04 Å². The lowest BCUT2D eigenvalue weighted by Gasteiger charge is -2.17. The third kappa shape index (κ3) is 3.27. The van der Waals surface area contributed by atoms with Gasteiger partial charge in [0.1, 0.15) is 0 Å². The second kappa shape index (κ2) is 5.32. The van der Waals surface area contributed by atoms with E-state index in [0.29, 0.717) is 6.54 Å². The molecule has 1 rings (SSSR count). The number of hydrogen-bond donors (Lipinski definition) is 2. The van der Waals surface area contributed by atoms with Crippen LogP contribution in [0.3, 0.4) is 0 Å². The molecule has 0 aromatic heterocycles. The van der Waals surface area contributed by atoms with Crippen LogP contribution in [0.1, 0.15) is 26.7 Å².